The van der Waals surface area contributed by atoms with Gasteiger partial charge in [0.1, 0.15) is 12.4 Å². The summed E-state index contributed by atoms with van der Waals surface area (Å²) >= 11 is 0. The fraction of sp³-hybridized carbons (Fsp3) is 0.476. The average molecular weight is 402 g/mol. The summed E-state index contributed by atoms with van der Waals surface area (Å²) in [5.41, 5.74) is 2.26. The number of aromatic amines is 1. The maximum atomic E-state index is 14.2. The molecule has 0 atom stereocenters. The second kappa shape index (κ2) is 8.73. The van der Waals surface area contributed by atoms with Crippen molar-refractivity contribution in [2.24, 2.45) is 5.41 Å². The highest BCUT2D eigenvalue weighted by atomic mass is 19.1. The van der Waals surface area contributed by atoms with Crippen molar-refractivity contribution in [1.82, 2.24) is 20.4 Å². The number of aryl methyl sites for hydroxylation is 2. The maximum absolute atomic E-state index is 14.2. The highest BCUT2D eigenvalue weighted by molar-refractivity contribution is 5.88. The van der Waals surface area contributed by atoms with Crippen LogP contribution < -0.4 is 5.32 Å². The van der Waals surface area contributed by atoms with Crippen molar-refractivity contribution in [2.45, 2.75) is 33.7 Å². The molecular formula is C21H27FN4O3. The van der Waals surface area contributed by atoms with Gasteiger partial charge in [0.2, 0.25) is 11.8 Å². The predicted molar refractivity (Wildman–Crippen MR) is 106 cm³/mol. The summed E-state index contributed by atoms with van der Waals surface area (Å²) in [5.74, 6) is -0.702. The third-order valence-electron chi connectivity index (χ3n) is 5.44. The van der Waals surface area contributed by atoms with E-state index < -0.39 is 5.41 Å². The van der Waals surface area contributed by atoms with Gasteiger partial charge in [-0.3, -0.25) is 14.7 Å². The van der Waals surface area contributed by atoms with E-state index in [-0.39, 0.29) is 43.7 Å². The number of benzene rings is 1. The minimum Gasteiger partial charge on any atom is -0.372 e. The monoisotopic (exact) mass is 402 g/mol. The fourth-order valence-corrected chi connectivity index (χ4v) is 3.67. The Morgan fingerprint density at radius 1 is 1.31 bits per heavy atom. The van der Waals surface area contributed by atoms with Crippen LogP contribution in [-0.4, -0.2) is 53.2 Å². The molecule has 0 spiro atoms. The van der Waals surface area contributed by atoms with Crippen LogP contribution in [-0.2, 0) is 27.3 Å². The van der Waals surface area contributed by atoms with Crippen LogP contribution in [0.25, 0.3) is 0 Å². The Balaban J connectivity index is 1.74. The van der Waals surface area contributed by atoms with Gasteiger partial charge in [0.25, 0.3) is 0 Å². The summed E-state index contributed by atoms with van der Waals surface area (Å²) in [7, 11) is 0. The summed E-state index contributed by atoms with van der Waals surface area (Å²) in [6.45, 7) is 6.83. The Labute approximate surface area is 169 Å². The quantitative estimate of drug-likeness (QED) is 0.706. The molecule has 1 aliphatic rings. The summed E-state index contributed by atoms with van der Waals surface area (Å²) in [6.07, 6.45) is 0.229. The lowest BCUT2D eigenvalue weighted by Gasteiger charge is -2.49. The van der Waals surface area contributed by atoms with Crippen molar-refractivity contribution in [2.75, 3.05) is 26.3 Å². The van der Waals surface area contributed by atoms with E-state index in [1.54, 1.807) is 23.1 Å². The lowest BCUT2D eigenvalue weighted by atomic mass is 9.73. The number of likely N-dealkylation sites (tertiary alicyclic amines) is 1. The standard InChI is InChI=1S/C21H27FN4O3/c1-4-29-11-19(27)26-12-21(13-26,9-16-7-5-6-8-18(16)22)20(28)23-10-17-14(2)24-25-15(17)3/h5-8H,4,9-13H2,1-3H3,(H,23,28)(H,24,25). The van der Waals surface area contributed by atoms with Crippen molar-refractivity contribution < 1.29 is 18.7 Å². The molecule has 1 fully saturated rings. The zero-order valence-electron chi connectivity index (χ0n) is 17.0. The number of carbonyl (C=O) groups is 2. The molecule has 1 aromatic carbocycles. The first-order valence-electron chi connectivity index (χ1n) is 9.74. The number of hydrogen-bond donors (Lipinski definition) is 2. The second-order valence-electron chi connectivity index (χ2n) is 7.53. The first kappa shape index (κ1) is 21.0. The molecule has 0 aliphatic carbocycles. The highest BCUT2D eigenvalue weighted by Crippen LogP contribution is 2.35. The minimum absolute atomic E-state index is 0.0126. The van der Waals surface area contributed by atoms with E-state index in [9.17, 15) is 14.0 Å². The van der Waals surface area contributed by atoms with Crippen molar-refractivity contribution >= 4 is 11.8 Å². The lowest BCUT2D eigenvalue weighted by molar-refractivity contribution is -0.156. The van der Waals surface area contributed by atoms with E-state index in [0.29, 0.717) is 18.7 Å². The molecule has 0 unspecified atom stereocenters. The van der Waals surface area contributed by atoms with Gasteiger partial charge in [0, 0.05) is 37.5 Å². The molecule has 8 heteroatoms. The molecule has 0 radical (unpaired) electrons. The number of nitrogens with one attached hydrogen (secondary N) is 2. The number of amides is 2. The van der Waals surface area contributed by atoms with Crippen molar-refractivity contribution in [1.29, 1.82) is 0 Å². The Hall–Kier alpha value is -2.74. The van der Waals surface area contributed by atoms with Crippen LogP contribution in [0.5, 0.6) is 0 Å². The molecule has 7 nitrogen and oxygen atoms in total. The summed E-state index contributed by atoms with van der Waals surface area (Å²) < 4.78 is 19.4. The zero-order valence-corrected chi connectivity index (χ0v) is 17.0. The van der Waals surface area contributed by atoms with Crippen molar-refractivity contribution in [3.05, 3.63) is 52.6 Å². The molecular weight excluding hydrogens is 375 g/mol. The highest BCUT2D eigenvalue weighted by Gasteiger charge is 2.51. The van der Waals surface area contributed by atoms with E-state index in [2.05, 4.69) is 15.5 Å². The Bertz CT molecular complexity index is 870. The second-order valence-corrected chi connectivity index (χ2v) is 7.53. The average Bonchev–Trinajstić information content (AvgIpc) is 2.99. The summed E-state index contributed by atoms with van der Waals surface area (Å²) in [4.78, 5) is 26.9. The fourth-order valence-electron chi connectivity index (χ4n) is 3.67. The Morgan fingerprint density at radius 2 is 2.03 bits per heavy atom. The van der Waals surface area contributed by atoms with Crippen LogP contribution in [0, 0.1) is 25.1 Å². The molecule has 1 saturated heterocycles. The van der Waals surface area contributed by atoms with Crippen LogP contribution in [0.4, 0.5) is 4.39 Å². The molecule has 3 rings (SSSR count). The summed E-state index contributed by atoms with van der Waals surface area (Å²) in [5, 5.41) is 10.0. The van der Waals surface area contributed by atoms with E-state index in [0.717, 1.165) is 17.0 Å². The summed E-state index contributed by atoms with van der Waals surface area (Å²) in [6, 6.07) is 6.43. The lowest BCUT2D eigenvalue weighted by Crippen LogP contribution is -2.66. The number of carbonyl (C=O) groups excluding carboxylic acids is 2. The molecule has 1 aliphatic heterocycles. The molecule has 0 saturated carbocycles. The minimum atomic E-state index is -0.865. The molecule has 2 N–H and O–H groups in total. The maximum Gasteiger partial charge on any atom is 0.248 e. The Morgan fingerprint density at radius 3 is 2.66 bits per heavy atom. The molecule has 156 valence electrons. The Kier molecular flexibility index (Phi) is 6.32. The molecule has 2 heterocycles. The predicted octanol–water partition coefficient (Wildman–Crippen LogP) is 1.89. The zero-order chi connectivity index (χ0) is 21.0. The van der Waals surface area contributed by atoms with Crippen LogP contribution in [0.1, 0.15) is 29.4 Å². The number of ether oxygens (including phenoxy) is 1. The van der Waals surface area contributed by atoms with Crippen LogP contribution in [0.3, 0.4) is 0 Å². The van der Waals surface area contributed by atoms with Crippen LogP contribution >= 0.6 is 0 Å². The van der Waals surface area contributed by atoms with Crippen molar-refractivity contribution in [3.63, 3.8) is 0 Å². The van der Waals surface area contributed by atoms with Gasteiger partial charge >= 0.3 is 0 Å². The van der Waals surface area contributed by atoms with Gasteiger partial charge in [0.05, 0.1) is 11.1 Å². The van der Waals surface area contributed by atoms with Gasteiger partial charge < -0.3 is 15.0 Å². The van der Waals surface area contributed by atoms with Gasteiger partial charge in [0.15, 0.2) is 0 Å². The number of rotatable bonds is 8. The molecule has 1 aromatic heterocycles. The number of hydrogen-bond acceptors (Lipinski definition) is 4. The van der Waals surface area contributed by atoms with Gasteiger partial charge in [-0.25, -0.2) is 4.39 Å². The van der Waals surface area contributed by atoms with E-state index in [1.807, 2.05) is 20.8 Å². The first-order valence-corrected chi connectivity index (χ1v) is 9.74. The van der Waals surface area contributed by atoms with Crippen LogP contribution in [0.15, 0.2) is 24.3 Å². The molecule has 2 amide bonds. The third-order valence-corrected chi connectivity index (χ3v) is 5.44. The number of nitrogens with zero attached hydrogens (tertiary/aromatic N) is 2. The van der Waals surface area contributed by atoms with Gasteiger partial charge in [-0.15, -0.1) is 0 Å². The van der Waals surface area contributed by atoms with E-state index >= 15 is 0 Å². The van der Waals surface area contributed by atoms with E-state index in [4.69, 9.17) is 4.74 Å². The largest absolute Gasteiger partial charge is 0.372 e. The SMILES string of the molecule is CCOCC(=O)N1CC(Cc2ccccc2F)(C(=O)NCc2c(C)n[nH]c2C)C1. The van der Waals surface area contributed by atoms with Crippen molar-refractivity contribution in [3.8, 4) is 0 Å². The van der Waals surface area contributed by atoms with Crippen LogP contribution in [0.2, 0.25) is 0 Å². The van der Waals surface area contributed by atoms with Gasteiger partial charge in [-0.1, -0.05) is 18.2 Å². The first-order chi connectivity index (χ1) is 13.9. The normalized spacial score (nSPS) is 15.1. The topological polar surface area (TPSA) is 87.3 Å². The molecule has 0 bridgehead atoms. The number of halogens is 1. The molecule has 29 heavy (non-hydrogen) atoms. The van der Waals surface area contributed by atoms with E-state index in [1.165, 1.54) is 6.07 Å². The molecule has 2 aromatic rings. The smallest absolute Gasteiger partial charge is 0.248 e. The number of aromatic nitrogens is 2. The van der Waals surface area contributed by atoms with Gasteiger partial charge in [-0.2, -0.15) is 5.10 Å². The number of H-pyrrole nitrogens is 1. The third kappa shape index (κ3) is 4.48. The van der Waals surface area contributed by atoms with Gasteiger partial charge in [-0.05, 0) is 38.8 Å².